The third kappa shape index (κ3) is 3.54. The van der Waals surface area contributed by atoms with Crippen LogP contribution in [-0.2, 0) is 11.2 Å². The number of pyridine rings is 1. The molecule has 2 aromatic heterocycles. The summed E-state index contributed by atoms with van der Waals surface area (Å²) in [6.45, 7) is 6.57. The maximum absolute atomic E-state index is 13.2. The average Bonchev–Trinajstić information content (AvgIpc) is 3.36. The number of hydrogen-bond acceptors (Lipinski definition) is 4. The lowest BCUT2D eigenvalue weighted by atomic mass is 9.97. The van der Waals surface area contributed by atoms with Gasteiger partial charge in [-0.1, -0.05) is 38.1 Å². The second-order valence-corrected chi connectivity index (χ2v) is 9.15. The molecule has 1 saturated heterocycles. The maximum Gasteiger partial charge on any atom is 0.227 e. The van der Waals surface area contributed by atoms with Crippen LogP contribution in [0.1, 0.15) is 50.2 Å². The predicted molar refractivity (Wildman–Crippen MR) is 123 cm³/mol. The van der Waals surface area contributed by atoms with Crippen molar-refractivity contribution >= 4 is 22.6 Å². The third-order valence-corrected chi connectivity index (χ3v) is 7.15. The van der Waals surface area contributed by atoms with E-state index >= 15 is 0 Å². The Labute approximate surface area is 182 Å². The van der Waals surface area contributed by atoms with Crippen molar-refractivity contribution in [2.45, 2.75) is 51.0 Å². The van der Waals surface area contributed by atoms with E-state index in [1.54, 1.807) is 0 Å². The molecule has 1 amide bonds. The Morgan fingerprint density at radius 3 is 2.71 bits per heavy atom. The number of carbonyl (C=O) groups is 1. The number of H-pyrrole nitrogens is 1. The molecule has 3 heterocycles. The van der Waals surface area contributed by atoms with Gasteiger partial charge >= 0.3 is 0 Å². The van der Waals surface area contributed by atoms with Crippen LogP contribution in [0.4, 0.5) is 5.69 Å². The monoisotopic (exact) mass is 418 g/mol. The van der Waals surface area contributed by atoms with Gasteiger partial charge in [0.2, 0.25) is 5.91 Å². The van der Waals surface area contributed by atoms with Crippen molar-refractivity contribution < 1.29 is 9.90 Å². The number of hydrogen-bond donors (Lipinski definition) is 2. The van der Waals surface area contributed by atoms with Crippen LogP contribution in [-0.4, -0.2) is 51.1 Å². The lowest BCUT2D eigenvalue weighted by molar-refractivity contribution is -0.134. The molecule has 0 bridgehead atoms. The van der Waals surface area contributed by atoms with Crippen molar-refractivity contribution in [2.75, 3.05) is 24.5 Å². The molecule has 1 unspecified atom stereocenters. The molecular formula is C25H30N4O2. The van der Waals surface area contributed by atoms with E-state index in [-0.39, 0.29) is 17.2 Å². The number of carbonyl (C=O) groups excluding carboxylic acids is 1. The fourth-order valence-corrected chi connectivity index (χ4v) is 4.92. The van der Waals surface area contributed by atoms with Crippen LogP contribution in [0.2, 0.25) is 0 Å². The van der Waals surface area contributed by atoms with E-state index in [1.165, 1.54) is 11.8 Å². The maximum atomic E-state index is 13.2. The third-order valence-electron chi connectivity index (χ3n) is 7.15. The standard InChI is InChI=1S/C25H30N4O2/c1-3-17(2)19-6-4-18(5-7-19)14-22(31)29-13-12-28(16-25(29)9-10-25)23-20-8-11-26-24(20)27-15-21(23)30/h4-8,11,15,17,30H,3,9-10,12-14,16H2,1-2H3,(H,26,27). The Morgan fingerprint density at radius 1 is 1.23 bits per heavy atom. The van der Waals surface area contributed by atoms with Gasteiger partial charge in [0.25, 0.3) is 0 Å². The van der Waals surface area contributed by atoms with Crippen LogP contribution < -0.4 is 4.90 Å². The van der Waals surface area contributed by atoms with Gasteiger partial charge in [-0.2, -0.15) is 0 Å². The van der Waals surface area contributed by atoms with Gasteiger partial charge in [-0.15, -0.1) is 0 Å². The summed E-state index contributed by atoms with van der Waals surface area (Å²) in [7, 11) is 0. The van der Waals surface area contributed by atoms with E-state index in [0.29, 0.717) is 25.4 Å². The normalized spacial score (nSPS) is 18.5. The molecular weight excluding hydrogens is 388 g/mol. The van der Waals surface area contributed by atoms with Crippen molar-refractivity contribution in [3.8, 4) is 5.75 Å². The molecule has 162 valence electrons. The van der Waals surface area contributed by atoms with E-state index in [9.17, 15) is 9.90 Å². The van der Waals surface area contributed by atoms with Crippen molar-refractivity contribution in [2.24, 2.45) is 0 Å². The first-order chi connectivity index (χ1) is 15.0. The summed E-state index contributed by atoms with van der Waals surface area (Å²) < 4.78 is 0. The smallest absolute Gasteiger partial charge is 0.227 e. The largest absolute Gasteiger partial charge is 0.504 e. The first kappa shape index (κ1) is 19.9. The topological polar surface area (TPSA) is 72.5 Å². The molecule has 0 radical (unpaired) electrons. The molecule has 6 nitrogen and oxygen atoms in total. The van der Waals surface area contributed by atoms with Gasteiger partial charge in [0, 0.05) is 31.2 Å². The number of aromatic hydroxyl groups is 1. The number of benzene rings is 1. The van der Waals surface area contributed by atoms with Gasteiger partial charge in [0.1, 0.15) is 5.65 Å². The summed E-state index contributed by atoms with van der Waals surface area (Å²) in [4.78, 5) is 24.9. The summed E-state index contributed by atoms with van der Waals surface area (Å²) >= 11 is 0. The molecule has 6 heteroatoms. The second-order valence-electron chi connectivity index (χ2n) is 9.15. The molecule has 1 aliphatic carbocycles. The molecule has 2 aliphatic rings. The minimum atomic E-state index is -0.107. The highest BCUT2D eigenvalue weighted by Crippen LogP contribution is 2.47. The Kier molecular flexibility index (Phi) is 4.88. The van der Waals surface area contributed by atoms with Crippen LogP contribution in [0.25, 0.3) is 11.0 Å². The van der Waals surface area contributed by atoms with Crippen LogP contribution in [0.15, 0.2) is 42.7 Å². The first-order valence-corrected chi connectivity index (χ1v) is 11.3. The average molecular weight is 419 g/mol. The number of piperazine rings is 1. The molecule has 1 saturated carbocycles. The van der Waals surface area contributed by atoms with Crippen LogP contribution >= 0.6 is 0 Å². The van der Waals surface area contributed by atoms with Gasteiger partial charge in [0.15, 0.2) is 5.75 Å². The molecule has 1 aromatic carbocycles. The molecule has 31 heavy (non-hydrogen) atoms. The van der Waals surface area contributed by atoms with Gasteiger partial charge in [-0.25, -0.2) is 4.98 Å². The van der Waals surface area contributed by atoms with Gasteiger partial charge in [-0.05, 0) is 42.4 Å². The lowest BCUT2D eigenvalue weighted by Crippen LogP contribution is -2.57. The number of fused-ring (bicyclic) bond motifs is 1. The number of nitrogens with one attached hydrogen (secondary N) is 1. The summed E-state index contributed by atoms with van der Waals surface area (Å²) in [6.07, 6.45) is 6.96. The minimum absolute atomic E-state index is 0.107. The van der Waals surface area contributed by atoms with Crippen molar-refractivity contribution in [1.82, 2.24) is 14.9 Å². The van der Waals surface area contributed by atoms with Crippen LogP contribution in [0.5, 0.6) is 5.75 Å². The van der Waals surface area contributed by atoms with Gasteiger partial charge < -0.3 is 19.9 Å². The highest BCUT2D eigenvalue weighted by Gasteiger charge is 2.53. The number of aromatic nitrogens is 2. The molecule has 2 fully saturated rings. The fraction of sp³-hybridized carbons (Fsp3) is 0.440. The van der Waals surface area contributed by atoms with Crippen LogP contribution in [0, 0.1) is 0 Å². The number of amides is 1. The summed E-state index contributed by atoms with van der Waals surface area (Å²) in [5.41, 5.74) is 3.90. The Bertz CT molecular complexity index is 1100. The van der Waals surface area contributed by atoms with Crippen LogP contribution in [0.3, 0.4) is 0 Å². The number of aromatic amines is 1. The van der Waals surface area contributed by atoms with Gasteiger partial charge in [-0.3, -0.25) is 4.79 Å². The zero-order chi connectivity index (χ0) is 21.6. The minimum Gasteiger partial charge on any atom is -0.504 e. The Hall–Kier alpha value is -3.02. The predicted octanol–water partition coefficient (Wildman–Crippen LogP) is 4.21. The Balaban J connectivity index is 1.31. The molecule has 1 spiro atoms. The summed E-state index contributed by atoms with van der Waals surface area (Å²) in [5, 5.41) is 11.4. The van der Waals surface area contributed by atoms with Crippen molar-refractivity contribution in [1.29, 1.82) is 0 Å². The van der Waals surface area contributed by atoms with E-state index < -0.39 is 0 Å². The highest BCUT2D eigenvalue weighted by atomic mass is 16.3. The molecule has 1 aliphatic heterocycles. The van der Waals surface area contributed by atoms with E-state index in [1.807, 2.05) is 12.3 Å². The number of rotatable bonds is 5. The second kappa shape index (κ2) is 7.59. The highest BCUT2D eigenvalue weighted by molar-refractivity contribution is 5.93. The number of anilines is 1. The van der Waals surface area contributed by atoms with E-state index in [4.69, 9.17) is 0 Å². The molecule has 5 rings (SSSR count). The van der Waals surface area contributed by atoms with Gasteiger partial charge in [0.05, 0.1) is 23.8 Å². The molecule has 3 aromatic rings. The Morgan fingerprint density at radius 2 is 2.00 bits per heavy atom. The lowest BCUT2D eigenvalue weighted by Gasteiger charge is -2.43. The summed E-state index contributed by atoms with van der Waals surface area (Å²) in [5.74, 6) is 0.951. The van der Waals surface area contributed by atoms with E-state index in [0.717, 1.165) is 48.1 Å². The number of nitrogens with zero attached hydrogens (tertiary/aromatic N) is 3. The first-order valence-electron chi connectivity index (χ1n) is 11.3. The fourth-order valence-electron chi connectivity index (χ4n) is 4.92. The molecule has 2 N–H and O–H groups in total. The summed E-state index contributed by atoms with van der Waals surface area (Å²) in [6, 6.07) is 10.5. The van der Waals surface area contributed by atoms with Crippen molar-refractivity contribution in [3.63, 3.8) is 0 Å². The zero-order valence-electron chi connectivity index (χ0n) is 18.3. The quantitative estimate of drug-likeness (QED) is 0.651. The van der Waals surface area contributed by atoms with E-state index in [2.05, 4.69) is 57.9 Å². The zero-order valence-corrected chi connectivity index (χ0v) is 18.3. The SMILES string of the molecule is CCC(C)c1ccc(CC(=O)N2CCN(c3c(O)cnc4[nH]ccc34)CC23CC3)cc1. The molecule has 1 atom stereocenters. The van der Waals surface area contributed by atoms with Crippen molar-refractivity contribution in [3.05, 3.63) is 53.9 Å².